The first-order chi connectivity index (χ1) is 9.73. The molecule has 3 nitrogen and oxygen atoms in total. The molecule has 0 bridgehead atoms. The molecule has 1 aliphatic carbocycles. The summed E-state index contributed by atoms with van der Waals surface area (Å²) in [5, 5.41) is 13.3. The number of hydrogen-bond donors (Lipinski definition) is 1. The monoisotopic (exact) mass is 293 g/mol. The summed E-state index contributed by atoms with van der Waals surface area (Å²) in [6.45, 7) is 1.61. The molecule has 1 amide bonds. The van der Waals surface area contributed by atoms with Crippen LogP contribution in [0.2, 0.25) is 0 Å². The smallest absolute Gasteiger partial charge is 0.260 e. The predicted octanol–water partition coefficient (Wildman–Crippen LogP) is 3.14. The first-order valence-electron chi connectivity index (χ1n) is 7.78. The number of aliphatic hydroxyl groups is 1. The third-order valence-electron chi connectivity index (χ3n) is 4.81. The first-order valence-corrected chi connectivity index (χ1v) is 8.66. The van der Waals surface area contributed by atoms with E-state index in [0.29, 0.717) is 0 Å². The predicted molar refractivity (Wildman–Crippen MR) is 80.6 cm³/mol. The van der Waals surface area contributed by atoms with Gasteiger partial charge in [-0.25, -0.2) is 0 Å². The van der Waals surface area contributed by atoms with Gasteiger partial charge in [0.15, 0.2) is 5.60 Å². The molecular formula is C16H23NO2S. The fourth-order valence-electron chi connectivity index (χ4n) is 3.66. The van der Waals surface area contributed by atoms with Crippen molar-refractivity contribution in [3.05, 3.63) is 22.4 Å². The Morgan fingerprint density at radius 1 is 1.20 bits per heavy atom. The Morgan fingerprint density at radius 2 is 1.90 bits per heavy atom. The fourth-order valence-corrected chi connectivity index (χ4v) is 4.55. The lowest BCUT2D eigenvalue weighted by Crippen LogP contribution is -2.51. The van der Waals surface area contributed by atoms with E-state index in [1.807, 2.05) is 22.4 Å². The van der Waals surface area contributed by atoms with Crippen LogP contribution in [0.15, 0.2) is 17.5 Å². The Kier molecular flexibility index (Phi) is 4.13. The van der Waals surface area contributed by atoms with Gasteiger partial charge in [-0.05, 0) is 43.6 Å². The molecule has 1 saturated carbocycles. The van der Waals surface area contributed by atoms with E-state index in [2.05, 4.69) is 0 Å². The molecular weight excluding hydrogens is 270 g/mol. The van der Waals surface area contributed by atoms with Crippen LogP contribution < -0.4 is 0 Å². The van der Waals surface area contributed by atoms with Gasteiger partial charge >= 0.3 is 0 Å². The Bertz CT molecular complexity index is 447. The van der Waals surface area contributed by atoms with Gasteiger partial charge in [-0.1, -0.05) is 18.9 Å². The molecule has 1 N–H and O–H groups in total. The molecule has 1 saturated heterocycles. The van der Waals surface area contributed by atoms with Crippen molar-refractivity contribution in [2.75, 3.05) is 13.1 Å². The highest BCUT2D eigenvalue weighted by Gasteiger charge is 2.49. The summed E-state index contributed by atoms with van der Waals surface area (Å²) >= 11 is 1.51. The van der Waals surface area contributed by atoms with Crippen LogP contribution in [0.5, 0.6) is 0 Å². The first kappa shape index (κ1) is 14.1. The normalized spacial score (nSPS) is 23.8. The van der Waals surface area contributed by atoms with Gasteiger partial charge in [0.2, 0.25) is 0 Å². The molecule has 1 aliphatic heterocycles. The van der Waals surface area contributed by atoms with Crippen LogP contribution in [0.4, 0.5) is 0 Å². The molecule has 1 aromatic rings. The van der Waals surface area contributed by atoms with Crippen LogP contribution >= 0.6 is 11.3 Å². The molecule has 1 atom stereocenters. The van der Waals surface area contributed by atoms with Gasteiger partial charge < -0.3 is 10.0 Å². The Morgan fingerprint density at radius 3 is 2.50 bits per heavy atom. The van der Waals surface area contributed by atoms with Gasteiger partial charge in [0.25, 0.3) is 5.91 Å². The van der Waals surface area contributed by atoms with Crippen molar-refractivity contribution in [2.24, 2.45) is 5.92 Å². The lowest BCUT2D eigenvalue weighted by Gasteiger charge is -2.38. The van der Waals surface area contributed by atoms with E-state index in [1.54, 1.807) is 0 Å². The van der Waals surface area contributed by atoms with Crippen LogP contribution in [0.25, 0.3) is 0 Å². The molecule has 0 aromatic carbocycles. The Labute approximate surface area is 124 Å². The van der Waals surface area contributed by atoms with Crippen molar-refractivity contribution in [1.29, 1.82) is 0 Å². The molecule has 20 heavy (non-hydrogen) atoms. The molecule has 1 unspecified atom stereocenters. The van der Waals surface area contributed by atoms with E-state index >= 15 is 0 Å². The van der Waals surface area contributed by atoms with E-state index < -0.39 is 5.60 Å². The van der Waals surface area contributed by atoms with Crippen molar-refractivity contribution in [2.45, 2.75) is 50.5 Å². The second-order valence-electron chi connectivity index (χ2n) is 6.08. The summed E-state index contributed by atoms with van der Waals surface area (Å²) in [6, 6.07) is 3.86. The van der Waals surface area contributed by atoms with E-state index in [0.717, 1.165) is 56.5 Å². The third kappa shape index (κ3) is 2.40. The second-order valence-corrected chi connectivity index (χ2v) is 7.03. The number of nitrogens with zero attached hydrogens (tertiary/aromatic N) is 1. The summed E-state index contributed by atoms with van der Waals surface area (Å²) in [7, 11) is 0. The Balaban J connectivity index is 1.90. The molecule has 2 aliphatic rings. The number of carbonyl (C=O) groups is 1. The number of amides is 1. The van der Waals surface area contributed by atoms with Crippen molar-refractivity contribution >= 4 is 17.2 Å². The van der Waals surface area contributed by atoms with Crippen molar-refractivity contribution < 1.29 is 9.90 Å². The Hall–Kier alpha value is -0.870. The number of rotatable bonds is 3. The molecule has 2 heterocycles. The fraction of sp³-hybridized carbons (Fsp3) is 0.688. The van der Waals surface area contributed by atoms with E-state index in [9.17, 15) is 9.90 Å². The summed E-state index contributed by atoms with van der Waals surface area (Å²) in [5.41, 5.74) is -1.28. The van der Waals surface area contributed by atoms with Crippen LogP contribution in [-0.2, 0) is 10.4 Å². The average Bonchev–Trinajstić information content (AvgIpc) is 3.19. The quantitative estimate of drug-likeness (QED) is 0.930. The standard InChI is InChI=1S/C16H23NO2S/c18-15(17-10-4-1-5-11-17)16(19,13-7-2-3-8-13)14-9-6-12-20-14/h6,9,12-13,19H,1-5,7-8,10-11H2. The number of piperidine rings is 1. The summed E-state index contributed by atoms with van der Waals surface area (Å²) < 4.78 is 0. The van der Waals surface area contributed by atoms with Gasteiger partial charge in [-0.3, -0.25) is 4.79 Å². The minimum absolute atomic E-state index is 0.0495. The van der Waals surface area contributed by atoms with Crippen LogP contribution in [-0.4, -0.2) is 29.0 Å². The van der Waals surface area contributed by atoms with Crippen LogP contribution in [0.3, 0.4) is 0 Å². The van der Waals surface area contributed by atoms with Crippen LogP contribution in [0, 0.1) is 5.92 Å². The molecule has 110 valence electrons. The minimum Gasteiger partial charge on any atom is -0.374 e. The molecule has 1 aromatic heterocycles. The van der Waals surface area contributed by atoms with E-state index in [4.69, 9.17) is 0 Å². The zero-order chi connectivity index (χ0) is 14.0. The van der Waals surface area contributed by atoms with Gasteiger partial charge in [-0.15, -0.1) is 11.3 Å². The maximum absolute atomic E-state index is 13.0. The van der Waals surface area contributed by atoms with E-state index in [1.165, 1.54) is 17.8 Å². The zero-order valence-electron chi connectivity index (χ0n) is 11.9. The summed E-state index contributed by atoms with van der Waals surface area (Å²) in [6.07, 6.45) is 7.53. The minimum atomic E-state index is -1.28. The molecule has 4 heteroatoms. The zero-order valence-corrected chi connectivity index (χ0v) is 12.7. The van der Waals surface area contributed by atoms with Crippen molar-refractivity contribution in [3.8, 4) is 0 Å². The molecule has 0 radical (unpaired) electrons. The molecule has 3 rings (SSSR count). The largest absolute Gasteiger partial charge is 0.374 e. The highest BCUT2D eigenvalue weighted by atomic mass is 32.1. The number of likely N-dealkylation sites (tertiary alicyclic amines) is 1. The highest BCUT2D eigenvalue weighted by molar-refractivity contribution is 7.10. The third-order valence-corrected chi connectivity index (χ3v) is 5.81. The SMILES string of the molecule is O=C(N1CCCCC1)C(O)(c1cccs1)C1CCCC1. The van der Waals surface area contributed by atoms with Crippen LogP contribution in [0.1, 0.15) is 49.8 Å². The van der Waals surface area contributed by atoms with Gasteiger partial charge in [-0.2, -0.15) is 0 Å². The topological polar surface area (TPSA) is 40.5 Å². The maximum Gasteiger partial charge on any atom is 0.260 e. The maximum atomic E-state index is 13.0. The van der Waals surface area contributed by atoms with E-state index in [-0.39, 0.29) is 11.8 Å². The average molecular weight is 293 g/mol. The van der Waals surface area contributed by atoms with Gasteiger partial charge in [0, 0.05) is 23.9 Å². The summed E-state index contributed by atoms with van der Waals surface area (Å²) in [4.78, 5) is 15.7. The lowest BCUT2D eigenvalue weighted by molar-refractivity contribution is -0.159. The molecule has 0 spiro atoms. The highest BCUT2D eigenvalue weighted by Crippen LogP contribution is 2.43. The van der Waals surface area contributed by atoms with Crippen molar-refractivity contribution in [1.82, 2.24) is 4.90 Å². The lowest BCUT2D eigenvalue weighted by atomic mass is 9.83. The second kappa shape index (κ2) is 5.86. The number of carbonyl (C=O) groups excluding carboxylic acids is 1. The summed E-state index contributed by atoms with van der Waals surface area (Å²) in [5.74, 6) is 0.0436. The number of hydrogen-bond acceptors (Lipinski definition) is 3. The van der Waals surface area contributed by atoms with Gasteiger partial charge in [0.1, 0.15) is 0 Å². The van der Waals surface area contributed by atoms with Gasteiger partial charge in [0.05, 0.1) is 0 Å². The number of thiophene rings is 1. The van der Waals surface area contributed by atoms with Crippen molar-refractivity contribution in [3.63, 3.8) is 0 Å². The molecule has 2 fully saturated rings.